The number of hydrogen-bond donors (Lipinski definition) is 1. The van der Waals surface area contributed by atoms with Gasteiger partial charge in [0.1, 0.15) is 6.04 Å². The molecule has 1 rings (SSSR count). The number of ether oxygens (including phenoxy) is 1. The maximum atomic E-state index is 11.4. The molecule has 0 aliphatic heterocycles. The summed E-state index contributed by atoms with van der Waals surface area (Å²) in [4.78, 5) is 11.4. The van der Waals surface area contributed by atoms with Crippen LogP contribution in [0.5, 0.6) is 0 Å². The lowest BCUT2D eigenvalue weighted by atomic mass is 9.98. The minimum Gasteiger partial charge on any atom is -0.468 e. The lowest BCUT2D eigenvalue weighted by Crippen LogP contribution is -2.44. The molecule has 0 spiro atoms. The van der Waals surface area contributed by atoms with Gasteiger partial charge in [-0.15, -0.1) is 0 Å². The van der Waals surface area contributed by atoms with Gasteiger partial charge in [-0.05, 0) is 32.1 Å². The van der Waals surface area contributed by atoms with E-state index in [1.165, 1.54) is 32.8 Å². The first kappa shape index (κ1) is 12.5. The Morgan fingerprint density at radius 1 is 1.47 bits per heavy atom. The van der Waals surface area contributed by atoms with E-state index in [4.69, 9.17) is 4.74 Å². The zero-order chi connectivity index (χ0) is 11.3. The lowest BCUT2D eigenvalue weighted by Gasteiger charge is -2.24. The average molecular weight is 213 g/mol. The first-order valence-electron chi connectivity index (χ1n) is 6.03. The van der Waals surface area contributed by atoms with Gasteiger partial charge in [-0.3, -0.25) is 4.79 Å². The summed E-state index contributed by atoms with van der Waals surface area (Å²) in [6.07, 6.45) is 6.07. The van der Waals surface area contributed by atoms with Crippen molar-refractivity contribution in [1.29, 1.82) is 0 Å². The molecule has 0 heterocycles. The molecule has 0 aromatic rings. The van der Waals surface area contributed by atoms with Crippen LogP contribution in [0.3, 0.4) is 0 Å². The second-order valence-electron chi connectivity index (χ2n) is 4.48. The average Bonchev–Trinajstić information content (AvgIpc) is 2.77. The summed E-state index contributed by atoms with van der Waals surface area (Å²) in [5.41, 5.74) is 0. The quantitative estimate of drug-likeness (QED) is 0.711. The monoisotopic (exact) mass is 213 g/mol. The standard InChI is InChI=1S/C12H23NO2/c1-4-11(12(14)15-3)13-9(2)10-7-5-6-8-10/h9-11,13H,4-8H2,1-3H3/t9-,11?/m0/s1. The molecule has 0 radical (unpaired) electrons. The van der Waals surface area contributed by atoms with Crippen LogP contribution in [-0.2, 0) is 9.53 Å². The van der Waals surface area contributed by atoms with Crippen molar-refractivity contribution in [2.24, 2.45) is 5.92 Å². The van der Waals surface area contributed by atoms with Crippen molar-refractivity contribution in [2.75, 3.05) is 7.11 Å². The Balaban J connectivity index is 2.39. The molecule has 1 N–H and O–H groups in total. The van der Waals surface area contributed by atoms with Crippen molar-refractivity contribution in [1.82, 2.24) is 5.32 Å². The molecule has 0 bridgehead atoms. The highest BCUT2D eigenvalue weighted by atomic mass is 16.5. The molecule has 3 nitrogen and oxygen atoms in total. The van der Waals surface area contributed by atoms with Gasteiger partial charge in [0.15, 0.2) is 0 Å². The summed E-state index contributed by atoms with van der Waals surface area (Å²) in [7, 11) is 1.45. The Kier molecular flexibility index (Phi) is 5.09. The van der Waals surface area contributed by atoms with Gasteiger partial charge in [-0.2, -0.15) is 0 Å². The van der Waals surface area contributed by atoms with Crippen LogP contribution in [0.15, 0.2) is 0 Å². The van der Waals surface area contributed by atoms with E-state index in [0.717, 1.165) is 12.3 Å². The largest absolute Gasteiger partial charge is 0.468 e. The summed E-state index contributed by atoms with van der Waals surface area (Å²) >= 11 is 0. The van der Waals surface area contributed by atoms with Gasteiger partial charge in [0, 0.05) is 6.04 Å². The van der Waals surface area contributed by atoms with Crippen LogP contribution < -0.4 is 5.32 Å². The van der Waals surface area contributed by atoms with Gasteiger partial charge in [-0.25, -0.2) is 0 Å². The topological polar surface area (TPSA) is 38.3 Å². The van der Waals surface area contributed by atoms with Crippen molar-refractivity contribution >= 4 is 5.97 Å². The first-order valence-corrected chi connectivity index (χ1v) is 6.03. The van der Waals surface area contributed by atoms with Gasteiger partial charge < -0.3 is 10.1 Å². The lowest BCUT2D eigenvalue weighted by molar-refractivity contribution is -0.143. The van der Waals surface area contributed by atoms with E-state index in [9.17, 15) is 4.79 Å². The van der Waals surface area contributed by atoms with Crippen molar-refractivity contribution < 1.29 is 9.53 Å². The van der Waals surface area contributed by atoms with Gasteiger partial charge in [-0.1, -0.05) is 19.8 Å². The Hall–Kier alpha value is -0.570. The zero-order valence-electron chi connectivity index (χ0n) is 10.1. The van der Waals surface area contributed by atoms with Gasteiger partial charge in [0.25, 0.3) is 0 Å². The molecule has 1 fully saturated rings. The van der Waals surface area contributed by atoms with Crippen LogP contribution in [0, 0.1) is 5.92 Å². The van der Waals surface area contributed by atoms with Crippen LogP contribution in [-0.4, -0.2) is 25.2 Å². The van der Waals surface area contributed by atoms with Crippen molar-refractivity contribution in [2.45, 2.75) is 58.0 Å². The molecule has 0 amide bonds. The van der Waals surface area contributed by atoms with Crippen molar-refractivity contribution in [3.63, 3.8) is 0 Å². The van der Waals surface area contributed by atoms with Crippen LogP contribution in [0.4, 0.5) is 0 Å². The van der Waals surface area contributed by atoms with Crippen LogP contribution >= 0.6 is 0 Å². The molecule has 0 aromatic heterocycles. The fraction of sp³-hybridized carbons (Fsp3) is 0.917. The normalized spacial score (nSPS) is 21.3. The summed E-state index contributed by atoms with van der Waals surface area (Å²) in [5, 5.41) is 3.38. The third kappa shape index (κ3) is 3.49. The second-order valence-corrected chi connectivity index (χ2v) is 4.48. The van der Waals surface area contributed by atoms with E-state index < -0.39 is 0 Å². The van der Waals surface area contributed by atoms with Crippen LogP contribution in [0.25, 0.3) is 0 Å². The number of rotatable bonds is 5. The molecule has 1 aliphatic carbocycles. The molecule has 15 heavy (non-hydrogen) atoms. The second kappa shape index (κ2) is 6.11. The molecular weight excluding hydrogens is 190 g/mol. The molecule has 1 saturated carbocycles. The maximum Gasteiger partial charge on any atom is 0.322 e. The third-order valence-electron chi connectivity index (χ3n) is 3.46. The third-order valence-corrected chi connectivity index (χ3v) is 3.46. The number of carbonyl (C=O) groups is 1. The zero-order valence-corrected chi connectivity index (χ0v) is 10.1. The Morgan fingerprint density at radius 3 is 2.53 bits per heavy atom. The molecule has 2 atom stereocenters. The minimum atomic E-state index is -0.137. The van der Waals surface area contributed by atoms with E-state index in [-0.39, 0.29) is 12.0 Å². The molecule has 0 aromatic carbocycles. The highest BCUT2D eigenvalue weighted by molar-refractivity contribution is 5.75. The molecule has 88 valence electrons. The SMILES string of the molecule is CCC(N[C@@H](C)C1CCCC1)C(=O)OC. The Bertz CT molecular complexity index is 200. The van der Waals surface area contributed by atoms with E-state index in [1.807, 2.05) is 6.92 Å². The number of nitrogens with one attached hydrogen (secondary N) is 1. The minimum absolute atomic E-state index is 0.134. The highest BCUT2D eigenvalue weighted by Gasteiger charge is 2.25. The Morgan fingerprint density at radius 2 is 2.07 bits per heavy atom. The summed E-state index contributed by atoms with van der Waals surface area (Å²) in [5.74, 6) is 0.603. The molecule has 1 unspecified atom stereocenters. The van der Waals surface area contributed by atoms with Crippen molar-refractivity contribution in [3.8, 4) is 0 Å². The smallest absolute Gasteiger partial charge is 0.322 e. The van der Waals surface area contributed by atoms with Gasteiger partial charge >= 0.3 is 5.97 Å². The fourth-order valence-corrected chi connectivity index (χ4v) is 2.41. The van der Waals surface area contributed by atoms with E-state index >= 15 is 0 Å². The van der Waals surface area contributed by atoms with E-state index in [1.54, 1.807) is 0 Å². The molecule has 1 aliphatic rings. The Labute approximate surface area is 92.6 Å². The first-order chi connectivity index (χ1) is 7.19. The summed E-state index contributed by atoms with van der Waals surface area (Å²) < 4.78 is 4.77. The van der Waals surface area contributed by atoms with Gasteiger partial charge in [0.2, 0.25) is 0 Å². The summed E-state index contributed by atoms with van der Waals surface area (Å²) in [6.45, 7) is 4.19. The molecule has 0 saturated heterocycles. The van der Waals surface area contributed by atoms with Crippen LogP contribution in [0.2, 0.25) is 0 Å². The van der Waals surface area contributed by atoms with Gasteiger partial charge in [0.05, 0.1) is 7.11 Å². The fourth-order valence-electron chi connectivity index (χ4n) is 2.41. The van der Waals surface area contributed by atoms with E-state index in [2.05, 4.69) is 12.2 Å². The highest BCUT2D eigenvalue weighted by Crippen LogP contribution is 2.27. The number of hydrogen-bond acceptors (Lipinski definition) is 3. The predicted octanol–water partition coefficient (Wildman–Crippen LogP) is 2.11. The van der Waals surface area contributed by atoms with E-state index in [0.29, 0.717) is 6.04 Å². The maximum absolute atomic E-state index is 11.4. The molecular formula is C12H23NO2. The summed E-state index contributed by atoms with van der Waals surface area (Å²) in [6, 6.07) is 0.294. The predicted molar refractivity (Wildman–Crippen MR) is 60.7 cm³/mol. The van der Waals surface area contributed by atoms with Crippen molar-refractivity contribution in [3.05, 3.63) is 0 Å². The number of esters is 1. The number of methoxy groups -OCH3 is 1. The molecule has 3 heteroatoms. The van der Waals surface area contributed by atoms with Crippen LogP contribution in [0.1, 0.15) is 46.0 Å². The number of carbonyl (C=O) groups excluding carboxylic acids is 1.